The number of hydrogen-bond donors (Lipinski definition) is 2. The molecule has 2 rings (SSSR count). The van der Waals surface area contributed by atoms with Crippen molar-refractivity contribution in [3.05, 3.63) is 47.5 Å². The second kappa shape index (κ2) is 8.13. The first-order valence-corrected chi connectivity index (χ1v) is 8.66. The number of aromatic hydroxyl groups is 1. The highest BCUT2D eigenvalue weighted by Gasteiger charge is 2.15. The van der Waals surface area contributed by atoms with Gasteiger partial charge in [-0.15, -0.1) is 0 Å². The lowest BCUT2D eigenvalue weighted by Crippen LogP contribution is -2.34. The van der Waals surface area contributed by atoms with E-state index >= 15 is 0 Å². The van der Waals surface area contributed by atoms with Gasteiger partial charge in [0.15, 0.2) is 11.5 Å². The number of phenols is 1. The summed E-state index contributed by atoms with van der Waals surface area (Å²) in [5.41, 5.74) is 3.87. The van der Waals surface area contributed by atoms with Crippen LogP contribution in [0.15, 0.2) is 36.4 Å². The van der Waals surface area contributed by atoms with E-state index in [-0.39, 0.29) is 18.9 Å². The van der Waals surface area contributed by atoms with Crippen molar-refractivity contribution in [1.29, 1.82) is 0 Å². The van der Waals surface area contributed by atoms with E-state index in [1.807, 2.05) is 18.2 Å². The second-order valence-electron chi connectivity index (χ2n) is 7.21. The Labute approximate surface area is 155 Å². The van der Waals surface area contributed by atoms with Crippen LogP contribution in [-0.2, 0) is 4.74 Å². The maximum atomic E-state index is 11.6. The van der Waals surface area contributed by atoms with Crippen molar-refractivity contribution < 1.29 is 19.4 Å². The molecular weight excluding hydrogens is 330 g/mol. The largest absolute Gasteiger partial charge is 0.504 e. The van der Waals surface area contributed by atoms with Crippen molar-refractivity contribution in [1.82, 2.24) is 5.32 Å². The molecule has 140 valence electrons. The average Bonchev–Trinajstić information content (AvgIpc) is 2.53. The zero-order valence-corrected chi connectivity index (χ0v) is 16.1. The number of aryl methyl sites for hydroxylation is 1. The lowest BCUT2D eigenvalue weighted by molar-refractivity contribution is 0.0520. The molecule has 0 aliphatic carbocycles. The smallest absolute Gasteiger partial charge is 0.407 e. The molecule has 2 aromatic rings. The summed E-state index contributed by atoms with van der Waals surface area (Å²) in [5, 5.41) is 12.8. The molecule has 0 saturated carbocycles. The summed E-state index contributed by atoms with van der Waals surface area (Å²) in [6.45, 7) is 10.1. The van der Waals surface area contributed by atoms with Gasteiger partial charge < -0.3 is 19.9 Å². The van der Waals surface area contributed by atoms with Gasteiger partial charge in [0.25, 0.3) is 0 Å². The third-order valence-electron chi connectivity index (χ3n) is 3.90. The van der Waals surface area contributed by atoms with E-state index in [9.17, 15) is 9.90 Å². The summed E-state index contributed by atoms with van der Waals surface area (Å²) < 4.78 is 10.7. The van der Waals surface area contributed by atoms with Crippen LogP contribution in [0, 0.1) is 13.8 Å². The van der Waals surface area contributed by atoms with Crippen LogP contribution in [-0.4, -0.2) is 30.0 Å². The van der Waals surface area contributed by atoms with Gasteiger partial charge in [-0.25, -0.2) is 4.79 Å². The average molecular weight is 357 g/mol. The van der Waals surface area contributed by atoms with Crippen LogP contribution in [0.1, 0.15) is 31.9 Å². The fourth-order valence-corrected chi connectivity index (χ4v) is 2.50. The highest BCUT2D eigenvalue weighted by molar-refractivity contribution is 5.71. The molecule has 0 spiro atoms. The van der Waals surface area contributed by atoms with Crippen LogP contribution in [0.25, 0.3) is 11.1 Å². The predicted octanol–water partition coefficient (Wildman–Crippen LogP) is 4.58. The molecule has 0 aliphatic rings. The first kappa shape index (κ1) is 19.6. The van der Waals surface area contributed by atoms with E-state index in [1.165, 1.54) is 11.1 Å². The summed E-state index contributed by atoms with van der Waals surface area (Å²) in [4.78, 5) is 11.6. The standard InChI is InChI=1S/C21H27NO4/c1-14-7-6-8-17(15(14)2)16-9-10-19(18(23)13-16)25-12-11-22-20(24)26-21(3,4)5/h6-10,13,23H,11-12H2,1-5H3,(H,22,24). The number of nitrogens with one attached hydrogen (secondary N) is 1. The van der Waals surface area contributed by atoms with Crippen molar-refractivity contribution in [2.75, 3.05) is 13.2 Å². The van der Waals surface area contributed by atoms with E-state index in [0.717, 1.165) is 11.1 Å². The molecule has 5 nitrogen and oxygen atoms in total. The maximum Gasteiger partial charge on any atom is 0.407 e. The molecule has 26 heavy (non-hydrogen) atoms. The van der Waals surface area contributed by atoms with E-state index in [1.54, 1.807) is 32.9 Å². The number of alkyl carbamates (subject to hydrolysis) is 1. The van der Waals surface area contributed by atoms with Gasteiger partial charge in [-0.1, -0.05) is 24.3 Å². The zero-order chi connectivity index (χ0) is 19.3. The molecule has 0 unspecified atom stereocenters. The van der Waals surface area contributed by atoms with Crippen molar-refractivity contribution in [3.8, 4) is 22.6 Å². The van der Waals surface area contributed by atoms with Crippen LogP contribution in [0.5, 0.6) is 11.5 Å². The normalized spacial score (nSPS) is 11.1. The van der Waals surface area contributed by atoms with Crippen molar-refractivity contribution in [2.45, 2.75) is 40.2 Å². The molecule has 5 heteroatoms. The Bertz CT molecular complexity index is 778. The summed E-state index contributed by atoms with van der Waals surface area (Å²) >= 11 is 0. The van der Waals surface area contributed by atoms with E-state index in [2.05, 4.69) is 25.2 Å². The van der Waals surface area contributed by atoms with Crippen molar-refractivity contribution in [3.63, 3.8) is 0 Å². The van der Waals surface area contributed by atoms with Crippen LogP contribution >= 0.6 is 0 Å². The molecule has 1 amide bonds. The minimum absolute atomic E-state index is 0.0701. The van der Waals surface area contributed by atoms with Gasteiger partial charge >= 0.3 is 6.09 Å². The van der Waals surface area contributed by atoms with Crippen LogP contribution in [0.4, 0.5) is 4.79 Å². The highest BCUT2D eigenvalue weighted by atomic mass is 16.6. The molecule has 2 aromatic carbocycles. The second-order valence-corrected chi connectivity index (χ2v) is 7.21. The number of phenolic OH excluding ortho intramolecular Hbond substituents is 1. The van der Waals surface area contributed by atoms with Crippen LogP contribution in [0.3, 0.4) is 0 Å². The minimum atomic E-state index is -0.535. The van der Waals surface area contributed by atoms with Gasteiger partial charge in [0, 0.05) is 0 Å². The number of benzene rings is 2. The Morgan fingerprint density at radius 2 is 1.88 bits per heavy atom. The van der Waals surface area contributed by atoms with Crippen LogP contribution in [0.2, 0.25) is 0 Å². The lowest BCUT2D eigenvalue weighted by Gasteiger charge is -2.19. The Kier molecular flexibility index (Phi) is 6.14. The maximum absolute atomic E-state index is 11.6. The molecule has 0 atom stereocenters. The monoisotopic (exact) mass is 357 g/mol. The number of ether oxygens (including phenoxy) is 2. The fraction of sp³-hybridized carbons (Fsp3) is 0.381. The van der Waals surface area contributed by atoms with Crippen molar-refractivity contribution >= 4 is 6.09 Å². The molecule has 0 bridgehead atoms. The SMILES string of the molecule is Cc1cccc(-c2ccc(OCCNC(=O)OC(C)(C)C)c(O)c2)c1C. The highest BCUT2D eigenvalue weighted by Crippen LogP contribution is 2.33. The van der Waals surface area contributed by atoms with Gasteiger partial charge in [-0.2, -0.15) is 0 Å². The van der Waals surface area contributed by atoms with Gasteiger partial charge in [0.05, 0.1) is 6.54 Å². The van der Waals surface area contributed by atoms with Gasteiger partial charge in [-0.05, 0) is 69.0 Å². The first-order valence-electron chi connectivity index (χ1n) is 8.66. The summed E-state index contributed by atoms with van der Waals surface area (Å²) in [7, 11) is 0. The Balaban J connectivity index is 1.94. The van der Waals surface area contributed by atoms with E-state index < -0.39 is 11.7 Å². The first-order chi connectivity index (χ1) is 12.2. The lowest BCUT2D eigenvalue weighted by atomic mass is 9.97. The summed E-state index contributed by atoms with van der Waals surface area (Å²) in [5.74, 6) is 0.450. The van der Waals surface area contributed by atoms with Gasteiger partial charge in [0.2, 0.25) is 0 Å². The van der Waals surface area contributed by atoms with Gasteiger partial charge in [-0.3, -0.25) is 0 Å². The molecule has 0 aromatic heterocycles. The molecule has 0 heterocycles. The summed E-state index contributed by atoms with van der Waals surface area (Å²) in [6, 6.07) is 11.4. The Hall–Kier alpha value is -2.69. The number of carbonyl (C=O) groups is 1. The molecule has 0 aliphatic heterocycles. The zero-order valence-electron chi connectivity index (χ0n) is 16.1. The molecule has 0 radical (unpaired) electrons. The van der Waals surface area contributed by atoms with Crippen LogP contribution < -0.4 is 10.1 Å². The van der Waals surface area contributed by atoms with Crippen molar-refractivity contribution in [2.24, 2.45) is 0 Å². The number of amides is 1. The van der Waals surface area contributed by atoms with E-state index in [4.69, 9.17) is 9.47 Å². The fourth-order valence-electron chi connectivity index (χ4n) is 2.50. The quantitative estimate of drug-likeness (QED) is 0.769. The van der Waals surface area contributed by atoms with Gasteiger partial charge in [0.1, 0.15) is 12.2 Å². The molecule has 0 fully saturated rings. The molecular formula is C21H27NO4. The Morgan fingerprint density at radius 3 is 2.54 bits per heavy atom. The third-order valence-corrected chi connectivity index (χ3v) is 3.90. The predicted molar refractivity (Wildman–Crippen MR) is 103 cm³/mol. The Morgan fingerprint density at radius 1 is 1.15 bits per heavy atom. The molecule has 2 N–H and O–H groups in total. The van der Waals surface area contributed by atoms with E-state index in [0.29, 0.717) is 5.75 Å². The molecule has 0 saturated heterocycles. The summed E-state index contributed by atoms with van der Waals surface area (Å²) in [6.07, 6.45) is -0.490. The topological polar surface area (TPSA) is 67.8 Å². The third kappa shape index (κ3) is 5.41. The number of rotatable bonds is 5. The minimum Gasteiger partial charge on any atom is -0.504 e. The number of hydrogen-bond acceptors (Lipinski definition) is 4. The number of carbonyl (C=O) groups excluding carboxylic acids is 1.